The minimum absolute atomic E-state index is 0.0882. The van der Waals surface area contributed by atoms with Gasteiger partial charge in [-0.2, -0.15) is 0 Å². The summed E-state index contributed by atoms with van der Waals surface area (Å²) < 4.78 is 0. The van der Waals surface area contributed by atoms with Crippen molar-refractivity contribution >= 4 is 21.8 Å². The van der Waals surface area contributed by atoms with Crippen LogP contribution in [-0.4, -0.2) is 17.3 Å². The quantitative estimate of drug-likeness (QED) is 0.847. The molecule has 98 valence electrons. The second-order valence-corrected chi connectivity index (χ2v) is 5.58. The SMILES string of the molecule is CCc1ccccc1C(=O)NC1CCCC1CBr. The number of amides is 1. The van der Waals surface area contributed by atoms with Gasteiger partial charge in [0.25, 0.3) is 5.91 Å². The van der Waals surface area contributed by atoms with Crippen LogP contribution in [0.2, 0.25) is 0 Å². The summed E-state index contributed by atoms with van der Waals surface area (Å²) in [6.45, 7) is 2.09. The number of carbonyl (C=O) groups excluding carboxylic acids is 1. The van der Waals surface area contributed by atoms with Crippen LogP contribution in [0.15, 0.2) is 24.3 Å². The van der Waals surface area contributed by atoms with Gasteiger partial charge in [-0.05, 0) is 36.8 Å². The molecule has 0 heterocycles. The molecular weight excluding hydrogens is 290 g/mol. The number of hydrogen-bond donors (Lipinski definition) is 1. The molecule has 1 amide bonds. The van der Waals surface area contributed by atoms with Crippen molar-refractivity contribution in [1.82, 2.24) is 5.32 Å². The molecule has 0 aliphatic heterocycles. The van der Waals surface area contributed by atoms with Crippen molar-refractivity contribution in [2.24, 2.45) is 5.92 Å². The van der Waals surface area contributed by atoms with E-state index in [0.717, 1.165) is 29.3 Å². The van der Waals surface area contributed by atoms with Crippen molar-refractivity contribution in [1.29, 1.82) is 0 Å². The molecule has 0 bridgehead atoms. The van der Waals surface area contributed by atoms with Crippen LogP contribution < -0.4 is 5.32 Å². The molecule has 1 fully saturated rings. The van der Waals surface area contributed by atoms with Gasteiger partial charge in [-0.3, -0.25) is 4.79 Å². The van der Waals surface area contributed by atoms with Gasteiger partial charge >= 0.3 is 0 Å². The first-order chi connectivity index (χ1) is 8.76. The van der Waals surface area contributed by atoms with Gasteiger partial charge in [0.2, 0.25) is 0 Å². The zero-order valence-corrected chi connectivity index (χ0v) is 12.4. The van der Waals surface area contributed by atoms with Gasteiger partial charge in [0.15, 0.2) is 0 Å². The summed E-state index contributed by atoms with van der Waals surface area (Å²) in [6.07, 6.45) is 4.44. The molecule has 1 saturated carbocycles. The molecule has 2 nitrogen and oxygen atoms in total. The predicted molar refractivity (Wildman–Crippen MR) is 78.2 cm³/mol. The van der Waals surface area contributed by atoms with Gasteiger partial charge < -0.3 is 5.32 Å². The third kappa shape index (κ3) is 2.94. The van der Waals surface area contributed by atoms with Crippen LogP contribution in [0.5, 0.6) is 0 Å². The highest BCUT2D eigenvalue weighted by atomic mass is 79.9. The molecule has 1 aliphatic rings. The Labute approximate surface area is 117 Å². The average molecular weight is 310 g/mol. The lowest BCUT2D eigenvalue weighted by Gasteiger charge is -2.19. The van der Waals surface area contributed by atoms with Crippen molar-refractivity contribution in [3.8, 4) is 0 Å². The van der Waals surface area contributed by atoms with Crippen LogP contribution >= 0.6 is 15.9 Å². The highest BCUT2D eigenvalue weighted by molar-refractivity contribution is 9.09. The standard InChI is InChI=1S/C15H20BrNO/c1-2-11-6-3-4-8-13(11)15(18)17-14-9-5-7-12(14)10-16/h3-4,6,8,12,14H,2,5,7,9-10H2,1H3,(H,17,18). The summed E-state index contributed by atoms with van der Waals surface area (Å²) in [4.78, 5) is 12.3. The number of rotatable bonds is 4. The summed E-state index contributed by atoms with van der Waals surface area (Å²) in [5.74, 6) is 0.674. The summed E-state index contributed by atoms with van der Waals surface area (Å²) >= 11 is 3.54. The fourth-order valence-corrected chi connectivity index (χ4v) is 3.48. The Morgan fingerprint density at radius 2 is 2.17 bits per heavy atom. The molecule has 0 aromatic heterocycles. The van der Waals surface area contributed by atoms with Crippen LogP contribution in [-0.2, 0) is 6.42 Å². The molecule has 1 aromatic carbocycles. The van der Waals surface area contributed by atoms with E-state index in [0.29, 0.717) is 12.0 Å². The van der Waals surface area contributed by atoms with Gasteiger partial charge in [-0.15, -0.1) is 0 Å². The molecule has 18 heavy (non-hydrogen) atoms. The van der Waals surface area contributed by atoms with Crippen LogP contribution in [0.3, 0.4) is 0 Å². The van der Waals surface area contributed by atoms with E-state index in [4.69, 9.17) is 0 Å². The van der Waals surface area contributed by atoms with Gasteiger partial charge in [0, 0.05) is 16.9 Å². The fourth-order valence-electron chi connectivity index (χ4n) is 2.71. The number of nitrogens with one attached hydrogen (secondary N) is 1. The summed E-state index contributed by atoms with van der Waals surface area (Å²) in [5.41, 5.74) is 1.96. The van der Waals surface area contributed by atoms with E-state index in [1.807, 2.05) is 24.3 Å². The lowest BCUT2D eigenvalue weighted by atomic mass is 10.0. The van der Waals surface area contributed by atoms with Crippen LogP contribution in [0.25, 0.3) is 0 Å². The third-order valence-electron chi connectivity index (χ3n) is 3.82. The Morgan fingerprint density at radius 1 is 1.39 bits per heavy atom. The van der Waals surface area contributed by atoms with Crippen molar-refractivity contribution in [2.45, 2.75) is 38.6 Å². The van der Waals surface area contributed by atoms with E-state index >= 15 is 0 Å². The normalized spacial score (nSPS) is 23.0. The second-order valence-electron chi connectivity index (χ2n) is 4.94. The summed E-state index contributed by atoms with van der Waals surface area (Å²) in [7, 11) is 0. The van der Waals surface area contributed by atoms with Gasteiger partial charge in [0.05, 0.1) is 0 Å². The Hall–Kier alpha value is -0.830. The fraction of sp³-hybridized carbons (Fsp3) is 0.533. The van der Waals surface area contributed by atoms with Crippen molar-refractivity contribution in [2.75, 3.05) is 5.33 Å². The molecule has 1 N–H and O–H groups in total. The summed E-state index contributed by atoms with van der Waals surface area (Å²) in [6, 6.07) is 8.22. The lowest BCUT2D eigenvalue weighted by molar-refractivity contribution is 0.0929. The molecule has 2 rings (SSSR count). The molecule has 1 aromatic rings. The number of hydrogen-bond acceptors (Lipinski definition) is 1. The first-order valence-electron chi connectivity index (χ1n) is 6.71. The van der Waals surface area contributed by atoms with E-state index in [1.165, 1.54) is 12.8 Å². The van der Waals surface area contributed by atoms with Crippen LogP contribution in [0, 0.1) is 5.92 Å². The predicted octanol–water partition coefficient (Wildman–Crippen LogP) is 3.54. The van der Waals surface area contributed by atoms with E-state index in [2.05, 4.69) is 28.2 Å². The number of carbonyl (C=O) groups is 1. The lowest BCUT2D eigenvalue weighted by Crippen LogP contribution is -2.38. The van der Waals surface area contributed by atoms with Crippen molar-refractivity contribution < 1.29 is 4.79 Å². The molecule has 0 spiro atoms. The largest absolute Gasteiger partial charge is 0.349 e. The highest BCUT2D eigenvalue weighted by Crippen LogP contribution is 2.27. The van der Waals surface area contributed by atoms with Crippen LogP contribution in [0.4, 0.5) is 0 Å². The number of aryl methyl sites for hydroxylation is 1. The summed E-state index contributed by atoms with van der Waals surface area (Å²) in [5, 5.41) is 4.18. The zero-order chi connectivity index (χ0) is 13.0. The van der Waals surface area contributed by atoms with Crippen molar-refractivity contribution in [3.05, 3.63) is 35.4 Å². The maximum atomic E-state index is 12.3. The molecule has 0 radical (unpaired) electrons. The Morgan fingerprint density at radius 3 is 2.89 bits per heavy atom. The molecule has 2 atom stereocenters. The third-order valence-corrected chi connectivity index (χ3v) is 4.65. The molecular formula is C15H20BrNO. The van der Waals surface area contributed by atoms with E-state index in [9.17, 15) is 4.79 Å². The number of halogens is 1. The van der Waals surface area contributed by atoms with E-state index in [-0.39, 0.29) is 5.91 Å². The first-order valence-corrected chi connectivity index (χ1v) is 7.83. The Bertz CT molecular complexity index is 419. The van der Waals surface area contributed by atoms with Gasteiger partial charge in [0.1, 0.15) is 0 Å². The average Bonchev–Trinajstić information content (AvgIpc) is 2.85. The smallest absolute Gasteiger partial charge is 0.251 e. The van der Waals surface area contributed by atoms with Gasteiger partial charge in [-0.1, -0.05) is 47.5 Å². The van der Waals surface area contributed by atoms with Crippen molar-refractivity contribution in [3.63, 3.8) is 0 Å². The van der Waals surface area contributed by atoms with Gasteiger partial charge in [-0.25, -0.2) is 0 Å². The highest BCUT2D eigenvalue weighted by Gasteiger charge is 2.28. The minimum atomic E-state index is 0.0882. The number of alkyl halides is 1. The first kappa shape index (κ1) is 13.6. The maximum absolute atomic E-state index is 12.3. The molecule has 1 aliphatic carbocycles. The maximum Gasteiger partial charge on any atom is 0.251 e. The van der Waals surface area contributed by atoms with Crippen LogP contribution in [0.1, 0.15) is 42.1 Å². The minimum Gasteiger partial charge on any atom is -0.349 e. The second kappa shape index (κ2) is 6.37. The Balaban J connectivity index is 2.07. The monoisotopic (exact) mass is 309 g/mol. The molecule has 0 saturated heterocycles. The molecule has 2 unspecified atom stereocenters. The molecule has 3 heteroatoms. The van der Waals surface area contributed by atoms with E-state index in [1.54, 1.807) is 0 Å². The number of benzene rings is 1. The zero-order valence-electron chi connectivity index (χ0n) is 10.8. The Kier molecular flexibility index (Phi) is 4.81. The topological polar surface area (TPSA) is 29.1 Å². The van der Waals surface area contributed by atoms with E-state index < -0.39 is 0 Å².